The van der Waals surface area contributed by atoms with Crippen LogP contribution in [-0.2, 0) is 14.3 Å². The quantitative estimate of drug-likeness (QED) is 0.566. The summed E-state index contributed by atoms with van der Waals surface area (Å²) in [6.07, 6.45) is 0.113. The van der Waals surface area contributed by atoms with Crippen LogP contribution in [0.25, 0.3) is 0 Å². The van der Waals surface area contributed by atoms with Gasteiger partial charge in [-0.15, -0.1) is 0 Å². The SMILES string of the molecule is CNC(=O)OCC1=C(C(=O)O)N2C(=O)[C@H]3NCCC1[C@H]32. The number of amides is 2. The van der Waals surface area contributed by atoms with Crippen molar-refractivity contribution in [1.82, 2.24) is 15.5 Å². The molecule has 3 atom stereocenters. The molecule has 3 rings (SSSR count). The molecule has 3 aliphatic rings. The number of nitrogens with one attached hydrogen (secondary N) is 2. The molecule has 8 heteroatoms. The molecule has 0 radical (unpaired) electrons. The number of hydrogen-bond acceptors (Lipinski definition) is 5. The standard InChI is InChI=1S/C12H15N3O5/c1-13-12(19)20-4-6-5-2-3-14-7-8(5)15(10(7)16)9(6)11(17)18/h5,7-8,14H,2-4H2,1H3,(H,13,19)(H,17,18)/t5?,7-,8+/m0/s1. The highest BCUT2D eigenvalue weighted by atomic mass is 16.5. The molecule has 2 fully saturated rings. The van der Waals surface area contributed by atoms with E-state index in [9.17, 15) is 19.5 Å². The van der Waals surface area contributed by atoms with Gasteiger partial charge in [0.15, 0.2) is 0 Å². The summed E-state index contributed by atoms with van der Waals surface area (Å²) in [6.45, 7) is 0.556. The highest BCUT2D eigenvalue weighted by Gasteiger charge is 2.61. The highest BCUT2D eigenvalue weighted by molar-refractivity contribution is 6.01. The topological polar surface area (TPSA) is 108 Å². The molecule has 0 spiro atoms. The summed E-state index contributed by atoms with van der Waals surface area (Å²) in [5.74, 6) is -1.41. The molecule has 3 heterocycles. The number of carboxylic acid groups (broad SMARTS) is 1. The van der Waals surface area contributed by atoms with E-state index in [0.717, 1.165) is 6.42 Å². The number of nitrogens with zero attached hydrogens (tertiary/aromatic N) is 1. The van der Waals surface area contributed by atoms with Gasteiger partial charge in [-0.3, -0.25) is 9.69 Å². The number of carbonyl (C=O) groups is 3. The van der Waals surface area contributed by atoms with Gasteiger partial charge < -0.3 is 20.5 Å². The second-order valence-electron chi connectivity index (χ2n) is 5.03. The normalized spacial score (nSPS) is 30.8. The molecule has 1 unspecified atom stereocenters. The lowest BCUT2D eigenvalue weighted by molar-refractivity contribution is -0.154. The fraction of sp³-hybridized carbons (Fsp3) is 0.583. The van der Waals surface area contributed by atoms with Gasteiger partial charge >= 0.3 is 12.1 Å². The third-order valence-electron chi connectivity index (χ3n) is 4.13. The molecule has 3 N–H and O–H groups in total. The zero-order valence-electron chi connectivity index (χ0n) is 10.9. The van der Waals surface area contributed by atoms with Crippen molar-refractivity contribution < 1.29 is 24.2 Å². The van der Waals surface area contributed by atoms with Crippen molar-refractivity contribution in [1.29, 1.82) is 0 Å². The summed E-state index contributed by atoms with van der Waals surface area (Å²) < 4.78 is 4.98. The van der Waals surface area contributed by atoms with E-state index in [4.69, 9.17) is 4.74 Å². The van der Waals surface area contributed by atoms with Crippen LogP contribution in [0.2, 0.25) is 0 Å². The van der Waals surface area contributed by atoms with E-state index < -0.39 is 12.1 Å². The summed E-state index contributed by atoms with van der Waals surface area (Å²) >= 11 is 0. The van der Waals surface area contributed by atoms with Gasteiger partial charge in [-0.05, 0) is 13.0 Å². The van der Waals surface area contributed by atoms with E-state index in [1.54, 1.807) is 0 Å². The number of carbonyl (C=O) groups excluding carboxylic acids is 2. The van der Waals surface area contributed by atoms with Crippen LogP contribution >= 0.6 is 0 Å². The van der Waals surface area contributed by atoms with Crippen molar-refractivity contribution >= 4 is 18.0 Å². The first-order valence-electron chi connectivity index (χ1n) is 6.43. The first kappa shape index (κ1) is 12.9. The fourth-order valence-electron chi connectivity index (χ4n) is 3.30. The van der Waals surface area contributed by atoms with Gasteiger partial charge in [-0.1, -0.05) is 0 Å². The monoisotopic (exact) mass is 281 g/mol. The number of ether oxygens (including phenoxy) is 1. The van der Waals surface area contributed by atoms with Crippen LogP contribution < -0.4 is 10.6 Å². The maximum atomic E-state index is 12.0. The summed E-state index contributed by atoms with van der Waals surface area (Å²) in [7, 11) is 1.43. The summed E-state index contributed by atoms with van der Waals surface area (Å²) in [5, 5.41) is 14.7. The third-order valence-corrected chi connectivity index (χ3v) is 4.13. The zero-order valence-corrected chi connectivity index (χ0v) is 10.9. The lowest BCUT2D eigenvalue weighted by Gasteiger charge is -2.48. The van der Waals surface area contributed by atoms with Crippen LogP contribution in [0.15, 0.2) is 11.3 Å². The number of aliphatic carboxylic acids is 1. The van der Waals surface area contributed by atoms with E-state index in [2.05, 4.69) is 10.6 Å². The molecular formula is C12H15N3O5. The Morgan fingerprint density at radius 2 is 2.30 bits per heavy atom. The maximum absolute atomic E-state index is 12.0. The molecule has 2 saturated heterocycles. The molecule has 108 valence electrons. The molecule has 0 aromatic heterocycles. The second kappa shape index (κ2) is 4.48. The van der Waals surface area contributed by atoms with E-state index in [1.165, 1.54) is 11.9 Å². The van der Waals surface area contributed by atoms with Crippen molar-refractivity contribution in [3.8, 4) is 0 Å². The van der Waals surface area contributed by atoms with Crippen molar-refractivity contribution in [2.24, 2.45) is 5.92 Å². The minimum atomic E-state index is -1.15. The number of alkyl carbamates (subject to hydrolysis) is 1. The van der Waals surface area contributed by atoms with Crippen molar-refractivity contribution in [3.05, 3.63) is 11.3 Å². The average molecular weight is 281 g/mol. The van der Waals surface area contributed by atoms with Crippen LogP contribution in [-0.4, -0.2) is 60.3 Å². The largest absolute Gasteiger partial charge is 0.477 e. The highest BCUT2D eigenvalue weighted by Crippen LogP contribution is 2.46. The molecule has 0 aliphatic carbocycles. The number of β-lactam (4-membered cyclic amide) rings is 1. The number of rotatable bonds is 3. The molecule has 20 heavy (non-hydrogen) atoms. The molecular weight excluding hydrogens is 266 g/mol. The maximum Gasteiger partial charge on any atom is 0.407 e. The van der Waals surface area contributed by atoms with Gasteiger partial charge in [-0.2, -0.15) is 0 Å². The average Bonchev–Trinajstić information content (AvgIpc) is 2.77. The fourth-order valence-corrected chi connectivity index (χ4v) is 3.30. The lowest BCUT2D eigenvalue weighted by atomic mass is 9.79. The van der Waals surface area contributed by atoms with Gasteiger partial charge in [0.25, 0.3) is 0 Å². The minimum absolute atomic E-state index is 0.0196. The first-order valence-corrected chi connectivity index (χ1v) is 6.43. The third kappa shape index (κ3) is 1.61. The molecule has 0 bridgehead atoms. The van der Waals surface area contributed by atoms with Crippen LogP contribution in [0.3, 0.4) is 0 Å². The van der Waals surface area contributed by atoms with Gasteiger partial charge in [0.05, 0.1) is 6.04 Å². The Labute approximate surface area is 114 Å². The Morgan fingerprint density at radius 1 is 1.55 bits per heavy atom. The second-order valence-corrected chi connectivity index (χ2v) is 5.03. The van der Waals surface area contributed by atoms with Gasteiger partial charge in [-0.25, -0.2) is 9.59 Å². The first-order chi connectivity index (χ1) is 9.56. The Kier molecular flexibility index (Phi) is 2.89. The Balaban J connectivity index is 1.90. The minimum Gasteiger partial charge on any atom is -0.477 e. The van der Waals surface area contributed by atoms with Crippen LogP contribution in [0, 0.1) is 5.92 Å². The van der Waals surface area contributed by atoms with Crippen molar-refractivity contribution in [2.75, 3.05) is 20.2 Å². The van der Waals surface area contributed by atoms with E-state index in [-0.39, 0.29) is 36.2 Å². The van der Waals surface area contributed by atoms with Crippen LogP contribution in [0.5, 0.6) is 0 Å². The number of piperidine rings is 1. The Bertz CT molecular complexity index is 529. The lowest BCUT2D eigenvalue weighted by Crippen LogP contribution is -2.72. The summed E-state index contributed by atoms with van der Waals surface area (Å²) in [6, 6.07) is -0.453. The zero-order chi connectivity index (χ0) is 14.4. The number of carboxylic acids is 1. The van der Waals surface area contributed by atoms with Crippen molar-refractivity contribution in [3.63, 3.8) is 0 Å². The molecule has 0 aromatic rings. The number of hydrogen-bond donors (Lipinski definition) is 3. The molecule has 3 aliphatic heterocycles. The predicted octanol–water partition coefficient (Wildman–Crippen LogP) is -1.12. The molecule has 0 aromatic carbocycles. The van der Waals surface area contributed by atoms with Gasteiger partial charge in [0.1, 0.15) is 18.3 Å². The summed E-state index contributed by atoms with van der Waals surface area (Å²) in [4.78, 5) is 35.9. The molecule has 2 amide bonds. The molecule has 0 saturated carbocycles. The van der Waals surface area contributed by atoms with Crippen molar-refractivity contribution in [2.45, 2.75) is 18.5 Å². The van der Waals surface area contributed by atoms with E-state index >= 15 is 0 Å². The van der Waals surface area contributed by atoms with Gasteiger partial charge in [0.2, 0.25) is 5.91 Å². The van der Waals surface area contributed by atoms with E-state index in [0.29, 0.717) is 12.1 Å². The van der Waals surface area contributed by atoms with Gasteiger partial charge in [0, 0.05) is 18.5 Å². The van der Waals surface area contributed by atoms with E-state index in [1.807, 2.05) is 0 Å². The predicted molar refractivity (Wildman–Crippen MR) is 65.6 cm³/mol. The summed E-state index contributed by atoms with van der Waals surface area (Å²) in [5.41, 5.74) is 0.511. The van der Waals surface area contributed by atoms with Crippen LogP contribution in [0.1, 0.15) is 6.42 Å². The smallest absolute Gasteiger partial charge is 0.407 e. The Morgan fingerprint density at radius 3 is 2.95 bits per heavy atom. The Hall–Kier alpha value is -2.09. The molecule has 8 nitrogen and oxygen atoms in total. The van der Waals surface area contributed by atoms with Crippen LogP contribution in [0.4, 0.5) is 4.79 Å².